The van der Waals surface area contributed by atoms with Gasteiger partial charge in [0.05, 0.1) is 30.4 Å². The maximum Gasteiger partial charge on any atom is 0.317 e. The monoisotopic (exact) mass is 460 g/mol. The van der Waals surface area contributed by atoms with Crippen LogP contribution in [0, 0.1) is 11.8 Å². The highest BCUT2D eigenvalue weighted by molar-refractivity contribution is 6.02. The molecule has 1 aliphatic carbocycles. The molecule has 33 heavy (non-hydrogen) atoms. The number of aliphatic hydroxyl groups is 1. The average Bonchev–Trinajstić information content (AvgIpc) is 3.61. The molecular formula is C24H36N4O5. The van der Waals surface area contributed by atoms with Gasteiger partial charge in [0.15, 0.2) is 5.75 Å². The van der Waals surface area contributed by atoms with Crippen molar-refractivity contribution >= 4 is 23.5 Å². The van der Waals surface area contributed by atoms with Gasteiger partial charge in [0.1, 0.15) is 6.10 Å². The fourth-order valence-electron chi connectivity index (χ4n) is 3.85. The molecule has 182 valence electrons. The van der Waals surface area contributed by atoms with E-state index in [1.54, 1.807) is 42.0 Å². The van der Waals surface area contributed by atoms with Crippen molar-refractivity contribution in [1.82, 2.24) is 15.1 Å². The van der Waals surface area contributed by atoms with E-state index >= 15 is 0 Å². The number of aliphatic hydroxyl groups excluding tert-OH is 1. The molecule has 9 heteroatoms. The smallest absolute Gasteiger partial charge is 0.317 e. The fourth-order valence-corrected chi connectivity index (χ4v) is 3.85. The zero-order valence-electron chi connectivity index (χ0n) is 20.1. The third-order valence-electron chi connectivity index (χ3n) is 6.11. The van der Waals surface area contributed by atoms with Crippen LogP contribution in [0.25, 0.3) is 0 Å². The average molecular weight is 461 g/mol. The number of nitrogens with zero attached hydrogens (tertiary/aromatic N) is 2. The maximum absolute atomic E-state index is 13.4. The molecule has 1 aromatic rings. The molecule has 0 unspecified atom stereocenters. The number of carbonyl (C=O) groups excluding carboxylic acids is 3. The molecule has 2 aliphatic rings. The van der Waals surface area contributed by atoms with E-state index in [1.807, 2.05) is 20.8 Å². The van der Waals surface area contributed by atoms with E-state index in [2.05, 4.69) is 10.6 Å². The van der Waals surface area contributed by atoms with E-state index in [-0.39, 0.29) is 42.3 Å². The Kier molecular flexibility index (Phi) is 7.84. The first-order valence-electron chi connectivity index (χ1n) is 11.7. The van der Waals surface area contributed by atoms with Crippen LogP contribution in [0.1, 0.15) is 50.9 Å². The highest BCUT2D eigenvalue weighted by atomic mass is 16.5. The number of ether oxygens (including phenoxy) is 1. The van der Waals surface area contributed by atoms with Crippen molar-refractivity contribution < 1.29 is 24.2 Å². The summed E-state index contributed by atoms with van der Waals surface area (Å²) in [5.74, 6) is -0.180. The largest absolute Gasteiger partial charge is 0.485 e. The van der Waals surface area contributed by atoms with Gasteiger partial charge in [-0.3, -0.25) is 9.59 Å². The number of rotatable bonds is 7. The summed E-state index contributed by atoms with van der Waals surface area (Å²) in [4.78, 5) is 41.6. The minimum atomic E-state index is -0.438. The van der Waals surface area contributed by atoms with E-state index < -0.39 is 12.1 Å². The minimum absolute atomic E-state index is 0.000827. The third-order valence-corrected chi connectivity index (χ3v) is 6.11. The molecule has 0 spiro atoms. The van der Waals surface area contributed by atoms with Crippen LogP contribution in [0.2, 0.25) is 0 Å². The van der Waals surface area contributed by atoms with E-state index in [9.17, 15) is 19.5 Å². The number of para-hydroxylation sites is 1. The number of urea groups is 1. The van der Waals surface area contributed by atoms with Crippen molar-refractivity contribution in [3.63, 3.8) is 0 Å². The van der Waals surface area contributed by atoms with Gasteiger partial charge in [-0.05, 0) is 45.7 Å². The summed E-state index contributed by atoms with van der Waals surface area (Å²) in [5.41, 5.74) is 0.776. The summed E-state index contributed by atoms with van der Waals surface area (Å²) >= 11 is 0. The van der Waals surface area contributed by atoms with Crippen LogP contribution in [-0.2, 0) is 4.79 Å². The lowest BCUT2D eigenvalue weighted by atomic mass is 9.99. The number of nitrogens with one attached hydrogen (secondary N) is 2. The topological polar surface area (TPSA) is 111 Å². The van der Waals surface area contributed by atoms with E-state index in [0.717, 1.165) is 12.8 Å². The number of hydrogen-bond donors (Lipinski definition) is 3. The van der Waals surface area contributed by atoms with Crippen molar-refractivity contribution in [2.45, 2.75) is 58.7 Å². The summed E-state index contributed by atoms with van der Waals surface area (Å²) in [6.07, 6.45) is 1.28. The standard InChI is InChI=1S/C24H36N4O5/c1-14(2)25-24(32)27(5)12-20-15(3)11-28(16(4)13-29)23(31)18-7-6-8-19(21(18)33-20)26-22(30)17-9-10-17/h6-8,14-17,20,29H,9-13H2,1-5H3,(H,25,32)(H,26,30)/t15-,16+,20+/m1/s1. The summed E-state index contributed by atoms with van der Waals surface area (Å²) in [6.45, 7) is 8.02. The van der Waals surface area contributed by atoms with Gasteiger partial charge in [-0.2, -0.15) is 0 Å². The van der Waals surface area contributed by atoms with Crippen LogP contribution >= 0.6 is 0 Å². The molecule has 4 amide bonds. The predicted octanol–water partition coefficient (Wildman–Crippen LogP) is 2.30. The van der Waals surface area contributed by atoms with Crippen molar-refractivity contribution in [3.8, 4) is 5.75 Å². The number of amides is 4. The molecule has 1 saturated carbocycles. The van der Waals surface area contributed by atoms with Gasteiger partial charge < -0.3 is 30.3 Å². The van der Waals surface area contributed by atoms with Crippen molar-refractivity contribution in [3.05, 3.63) is 23.8 Å². The number of benzene rings is 1. The highest BCUT2D eigenvalue weighted by Crippen LogP contribution is 2.37. The van der Waals surface area contributed by atoms with Gasteiger partial charge in [-0.1, -0.05) is 13.0 Å². The molecular weight excluding hydrogens is 424 g/mol. The second kappa shape index (κ2) is 10.4. The Balaban J connectivity index is 1.96. The van der Waals surface area contributed by atoms with Crippen LogP contribution in [0.4, 0.5) is 10.5 Å². The van der Waals surface area contributed by atoms with Crippen LogP contribution in [0.5, 0.6) is 5.75 Å². The Morgan fingerprint density at radius 2 is 1.97 bits per heavy atom. The first-order valence-corrected chi connectivity index (χ1v) is 11.7. The molecule has 3 atom stereocenters. The Morgan fingerprint density at radius 1 is 1.27 bits per heavy atom. The number of likely N-dealkylation sites (N-methyl/N-ethyl adjacent to an activating group) is 1. The molecule has 1 aromatic carbocycles. The SMILES string of the molecule is CC(C)NC(=O)N(C)C[C@@H]1Oc2c(NC(=O)C3CC3)cccc2C(=O)N([C@@H](C)CO)C[C@H]1C. The molecule has 3 rings (SSSR count). The molecule has 0 bridgehead atoms. The van der Waals surface area contributed by atoms with Crippen LogP contribution in [0.15, 0.2) is 18.2 Å². The first-order chi connectivity index (χ1) is 15.6. The molecule has 9 nitrogen and oxygen atoms in total. The lowest BCUT2D eigenvalue weighted by Crippen LogP contribution is -2.51. The van der Waals surface area contributed by atoms with Crippen molar-refractivity contribution in [2.24, 2.45) is 11.8 Å². The summed E-state index contributed by atoms with van der Waals surface area (Å²) in [6, 6.07) is 4.51. The first kappa shape index (κ1) is 24.8. The van der Waals surface area contributed by atoms with Crippen LogP contribution in [-0.4, -0.2) is 77.7 Å². The second-order valence-corrected chi connectivity index (χ2v) is 9.55. The molecule has 0 aromatic heterocycles. The molecule has 1 heterocycles. The van der Waals surface area contributed by atoms with E-state index in [1.165, 1.54) is 0 Å². The Morgan fingerprint density at radius 3 is 2.58 bits per heavy atom. The molecule has 1 fully saturated rings. The number of hydrogen-bond acceptors (Lipinski definition) is 5. The number of anilines is 1. The summed E-state index contributed by atoms with van der Waals surface area (Å²) in [5, 5.41) is 15.6. The number of fused-ring (bicyclic) bond motifs is 1. The Hall–Kier alpha value is -2.81. The minimum Gasteiger partial charge on any atom is -0.485 e. The van der Waals surface area contributed by atoms with Crippen LogP contribution in [0.3, 0.4) is 0 Å². The summed E-state index contributed by atoms with van der Waals surface area (Å²) in [7, 11) is 1.70. The van der Waals surface area contributed by atoms with Gasteiger partial charge in [-0.25, -0.2) is 4.79 Å². The summed E-state index contributed by atoms with van der Waals surface area (Å²) < 4.78 is 6.39. The van der Waals surface area contributed by atoms with Crippen molar-refractivity contribution in [1.29, 1.82) is 0 Å². The second-order valence-electron chi connectivity index (χ2n) is 9.55. The highest BCUT2D eigenvalue weighted by Gasteiger charge is 2.36. The molecule has 0 radical (unpaired) electrons. The van der Waals surface area contributed by atoms with Gasteiger partial charge in [0.2, 0.25) is 5.91 Å². The van der Waals surface area contributed by atoms with Gasteiger partial charge in [-0.15, -0.1) is 0 Å². The van der Waals surface area contributed by atoms with E-state index in [0.29, 0.717) is 30.1 Å². The lowest BCUT2D eigenvalue weighted by molar-refractivity contribution is -0.117. The van der Waals surface area contributed by atoms with Gasteiger partial charge >= 0.3 is 6.03 Å². The van der Waals surface area contributed by atoms with E-state index in [4.69, 9.17) is 4.74 Å². The third kappa shape index (κ3) is 5.96. The lowest BCUT2D eigenvalue weighted by Gasteiger charge is -2.38. The maximum atomic E-state index is 13.4. The normalized spacial score (nSPS) is 21.4. The zero-order valence-corrected chi connectivity index (χ0v) is 20.1. The van der Waals surface area contributed by atoms with Gasteiger partial charge in [0, 0.05) is 31.5 Å². The quantitative estimate of drug-likeness (QED) is 0.578. The Labute approximate surface area is 195 Å². The van der Waals surface area contributed by atoms with Crippen LogP contribution < -0.4 is 15.4 Å². The molecule has 1 aliphatic heterocycles. The Bertz CT molecular complexity index is 886. The van der Waals surface area contributed by atoms with Gasteiger partial charge in [0.25, 0.3) is 5.91 Å². The molecule has 3 N–H and O–H groups in total. The zero-order chi connectivity index (χ0) is 24.3. The fraction of sp³-hybridized carbons (Fsp3) is 0.625. The van der Waals surface area contributed by atoms with Crippen molar-refractivity contribution in [2.75, 3.05) is 32.1 Å². The molecule has 0 saturated heterocycles. The predicted molar refractivity (Wildman–Crippen MR) is 125 cm³/mol. The number of carbonyl (C=O) groups is 3.